The standard InChI is InChI=1S/C32H38FN5O7/c1-15(2)26(34)30(41)36-17(4)29(40)35-14-44-8-6-5-7-18-19-9-16(3)23(33)11-24(19)37-27-21(18)12-38-25(27)10-20-22(31(38)42)13-45-32(43)28(20)39/h9-11,15,17,26,28,39H,5-8,12-14,34H2,1-4H3,(H,35,40)(H,36,41)/t17-,26-,28-/m0/s1. The van der Waals surface area contributed by atoms with Gasteiger partial charge in [-0.15, -0.1) is 0 Å². The van der Waals surface area contributed by atoms with Crippen molar-refractivity contribution < 1.29 is 33.4 Å². The van der Waals surface area contributed by atoms with E-state index in [0.29, 0.717) is 48.3 Å². The number of nitrogens with zero attached hydrogens (tertiary/aromatic N) is 2. The number of aryl methyl sites for hydroxylation is 2. The van der Waals surface area contributed by atoms with Crippen molar-refractivity contribution >= 4 is 28.7 Å². The maximum atomic E-state index is 14.6. The Morgan fingerprint density at radius 1 is 1.18 bits per heavy atom. The zero-order chi connectivity index (χ0) is 32.6. The number of hydrogen-bond donors (Lipinski definition) is 4. The number of esters is 1. The van der Waals surface area contributed by atoms with Gasteiger partial charge in [-0.25, -0.2) is 14.2 Å². The molecule has 0 bridgehead atoms. The van der Waals surface area contributed by atoms with E-state index < -0.39 is 35.9 Å². The Morgan fingerprint density at radius 2 is 1.93 bits per heavy atom. The summed E-state index contributed by atoms with van der Waals surface area (Å²) in [5.74, 6) is -2.05. The van der Waals surface area contributed by atoms with E-state index in [-0.39, 0.29) is 48.4 Å². The second-order valence-electron chi connectivity index (χ2n) is 12.0. The first-order valence-electron chi connectivity index (χ1n) is 15.0. The number of aliphatic hydroxyl groups excluding tert-OH is 1. The van der Waals surface area contributed by atoms with Crippen LogP contribution in [0.3, 0.4) is 0 Å². The second-order valence-corrected chi connectivity index (χ2v) is 12.0. The van der Waals surface area contributed by atoms with Crippen LogP contribution in [-0.4, -0.2) is 57.9 Å². The van der Waals surface area contributed by atoms with Crippen LogP contribution < -0.4 is 21.9 Å². The van der Waals surface area contributed by atoms with Crippen LogP contribution in [0.4, 0.5) is 4.39 Å². The minimum atomic E-state index is -1.56. The third-order valence-corrected chi connectivity index (χ3v) is 8.44. The second kappa shape index (κ2) is 13.0. The molecule has 1 aromatic carbocycles. The average Bonchev–Trinajstić information content (AvgIpc) is 3.37. The monoisotopic (exact) mass is 623 g/mol. The van der Waals surface area contributed by atoms with Crippen molar-refractivity contribution in [2.45, 2.75) is 78.3 Å². The fraction of sp³-hybridized carbons (Fsp3) is 0.469. The van der Waals surface area contributed by atoms with Gasteiger partial charge in [0.25, 0.3) is 5.56 Å². The Labute approximate surface area is 259 Å². The number of cyclic esters (lactones) is 1. The number of aliphatic hydroxyl groups is 1. The van der Waals surface area contributed by atoms with Crippen LogP contribution in [0.5, 0.6) is 0 Å². The summed E-state index contributed by atoms with van der Waals surface area (Å²) in [4.78, 5) is 54.5. The number of unbranched alkanes of at least 4 members (excludes halogenated alkanes) is 1. The lowest BCUT2D eigenvalue weighted by molar-refractivity contribution is -0.157. The molecule has 4 heterocycles. The van der Waals surface area contributed by atoms with Crippen molar-refractivity contribution in [2.24, 2.45) is 11.7 Å². The van der Waals surface area contributed by atoms with Gasteiger partial charge in [-0.3, -0.25) is 14.4 Å². The highest BCUT2D eigenvalue weighted by Crippen LogP contribution is 2.38. The molecule has 45 heavy (non-hydrogen) atoms. The van der Waals surface area contributed by atoms with Crippen LogP contribution in [0, 0.1) is 18.7 Å². The summed E-state index contributed by atoms with van der Waals surface area (Å²) in [6, 6.07) is 3.28. The van der Waals surface area contributed by atoms with Crippen LogP contribution in [0.25, 0.3) is 22.3 Å². The van der Waals surface area contributed by atoms with E-state index in [0.717, 1.165) is 16.5 Å². The van der Waals surface area contributed by atoms with Crippen molar-refractivity contribution in [3.05, 3.63) is 62.2 Å². The number of nitrogens with one attached hydrogen (secondary N) is 2. The lowest BCUT2D eigenvalue weighted by atomic mass is 9.94. The van der Waals surface area contributed by atoms with Gasteiger partial charge < -0.3 is 35.5 Å². The van der Waals surface area contributed by atoms with Crippen LogP contribution >= 0.6 is 0 Å². The molecule has 0 fully saturated rings. The number of rotatable bonds is 11. The number of aromatic nitrogens is 2. The smallest absolute Gasteiger partial charge is 0.340 e. The van der Waals surface area contributed by atoms with Crippen molar-refractivity contribution in [2.75, 3.05) is 13.3 Å². The first-order valence-corrected chi connectivity index (χ1v) is 15.0. The van der Waals surface area contributed by atoms with E-state index in [1.807, 2.05) is 13.8 Å². The molecule has 0 aliphatic carbocycles. The number of halogens is 1. The molecular formula is C32H38FN5O7. The number of ether oxygens (including phenoxy) is 2. The van der Waals surface area contributed by atoms with Gasteiger partial charge in [0.2, 0.25) is 11.8 Å². The SMILES string of the molecule is Cc1cc2c(CCCCOCNC(=O)[C@H](C)NC(=O)[C@@H](N)C(C)C)c3c(nc2cc1F)-c1cc2c(c(=O)n1C3)COC(=O)[C@H]2O. The summed E-state index contributed by atoms with van der Waals surface area (Å²) >= 11 is 0. The lowest BCUT2D eigenvalue weighted by Gasteiger charge is -2.21. The molecule has 2 aliphatic heterocycles. The molecule has 0 saturated carbocycles. The molecule has 240 valence electrons. The number of carbonyl (C=O) groups excluding carboxylic acids is 3. The number of pyridine rings is 2. The molecule has 3 atom stereocenters. The summed E-state index contributed by atoms with van der Waals surface area (Å²) in [7, 11) is 0. The Kier molecular flexibility index (Phi) is 9.33. The highest BCUT2D eigenvalue weighted by molar-refractivity contribution is 5.90. The number of nitrogens with two attached hydrogens (primary N) is 1. The third kappa shape index (κ3) is 6.33. The van der Waals surface area contributed by atoms with E-state index in [4.69, 9.17) is 20.2 Å². The minimum absolute atomic E-state index is 0.0255. The van der Waals surface area contributed by atoms with Gasteiger partial charge in [-0.1, -0.05) is 13.8 Å². The van der Waals surface area contributed by atoms with Gasteiger partial charge in [-0.05, 0) is 62.3 Å². The van der Waals surface area contributed by atoms with Crippen LogP contribution in [0.1, 0.15) is 67.5 Å². The van der Waals surface area contributed by atoms with Crippen LogP contribution in [0.15, 0.2) is 23.0 Å². The fourth-order valence-electron chi connectivity index (χ4n) is 5.66. The van der Waals surface area contributed by atoms with Crippen LogP contribution in [-0.2, 0) is 43.4 Å². The van der Waals surface area contributed by atoms with Crippen molar-refractivity contribution in [1.29, 1.82) is 0 Å². The first-order chi connectivity index (χ1) is 21.4. The Morgan fingerprint density at radius 3 is 2.67 bits per heavy atom. The third-order valence-electron chi connectivity index (χ3n) is 8.44. The van der Waals surface area contributed by atoms with Gasteiger partial charge in [-0.2, -0.15) is 0 Å². The molecule has 0 spiro atoms. The zero-order valence-electron chi connectivity index (χ0n) is 25.7. The predicted molar refractivity (Wildman–Crippen MR) is 162 cm³/mol. The Bertz CT molecular complexity index is 1740. The van der Waals surface area contributed by atoms with Gasteiger partial charge in [0, 0.05) is 29.2 Å². The quantitative estimate of drug-likeness (QED) is 0.110. The van der Waals surface area contributed by atoms with Crippen molar-refractivity contribution in [1.82, 2.24) is 20.2 Å². The highest BCUT2D eigenvalue weighted by Gasteiger charge is 2.34. The number of hydrogen-bond acceptors (Lipinski definition) is 9. The molecule has 0 unspecified atom stereocenters. The molecular weight excluding hydrogens is 585 g/mol. The molecule has 5 N–H and O–H groups in total. The topological polar surface area (TPSA) is 175 Å². The number of fused-ring (bicyclic) bond motifs is 5. The molecule has 0 saturated heterocycles. The largest absolute Gasteiger partial charge is 0.458 e. The Hall–Kier alpha value is -4.20. The van der Waals surface area contributed by atoms with E-state index in [1.165, 1.54) is 6.07 Å². The molecule has 2 amide bonds. The number of benzene rings is 1. The van der Waals surface area contributed by atoms with Crippen molar-refractivity contribution in [3.8, 4) is 11.4 Å². The maximum Gasteiger partial charge on any atom is 0.340 e. The fourth-order valence-corrected chi connectivity index (χ4v) is 5.66. The molecule has 13 heteroatoms. The van der Waals surface area contributed by atoms with Gasteiger partial charge in [0.1, 0.15) is 25.2 Å². The summed E-state index contributed by atoms with van der Waals surface area (Å²) in [5, 5.41) is 16.4. The summed E-state index contributed by atoms with van der Waals surface area (Å²) in [5.41, 5.74) is 9.56. The van der Waals surface area contributed by atoms with E-state index in [9.17, 15) is 28.7 Å². The molecule has 5 rings (SSSR count). The number of amides is 2. The molecule has 0 radical (unpaired) electrons. The van der Waals surface area contributed by atoms with Gasteiger partial charge in [0.15, 0.2) is 6.10 Å². The first kappa shape index (κ1) is 32.2. The van der Waals surface area contributed by atoms with Gasteiger partial charge in [0.05, 0.1) is 35.1 Å². The van der Waals surface area contributed by atoms with E-state index >= 15 is 0 Å². The average molecular weight is 624 g/mol. The molecule has 3 aromatic rings. The van der Waals surface area contributed by atoms with E-state index in [1.54, 1.807) is 30.5 Å². The molecule has 2 aromatic heterocycles. The van der Waals surface area contributed by atoms with Crippen molar-refractivity contribution in [3.63, 3.8) is 0 Å². The van der Waals surface area contributed by atoms with E-state index in [2.05, 4.69) is 10.6 Å². The van der Waals surface area contributed by atoms with Crippen LogP contribution in [0.2, 0.25) is 0 Å². The Balaban J connectivity index is 1.26. The highest BCUT2D eigenvalue weighted by atomic mass is 19.1. The zero-order valence-corrected chi connectivity index (χ0v) is 25.7. The summed E-state index contributed by atoms with van der Waals surface area (Å²) < 4.78 is 26.8. The normalized spacial score (nSPS) is 16.5. The lowest BCUT2D eigenvalue weighted by Crippen LogP contribution is -2.51. The molecule has 12 nitrogen and oxygen atoms in total. The summed E-state index contributed by atoms with van der Waals surface area (Å²) in [6.07, 6.45) is 0.370. The maximum absolute atomic E-state index is 14.6. The van der Waals surface area contributed by atoms with Gasteiger partial charge >= 0.3 is 5.97 Å². The summed E-state index contributed by atoms with van der Waals surface area (Å²) in [6.45, 7) is 7.27. The minimum Gasteiger partial charge on any atom is -0.458 e. The predicted octanol–water partition coefficient (Wildman–Crippen LogP) is 1.86. The molecule has 2 aliphatic rings. The number of carbonyl (C=O) groups is 3.